The summed E-state index contributed by atoms with van der Waals surface area (Å²) in [5.41, 5.74) is 1.64. The SMILES string of the molecule is CCNC(=NCc1ccc(CN(C)C(=O)OC(C)(C)C)cc1)N1CC[C@@H](O)C1. The Morgan fingerprint density at radius 1 is 1.32 bits per heavy atom. The van der Waals surface area contributed by atoms with E-state index in [2.05, 4.69) is 10.2 Å². The molecule has 1 aromatic rings. The number of ether oxygens (including phenoxy) is 1. The number of β-amino-alcohol motifs (C(OH)–C–C–N with tert-alkyl or cyclic N) is 1. The maximum atomic E-state index is 12.1. The van der Waals surface area contributed by atoms with Gasteiger partial charge in [0.05, 0.1) is 12.6 Å². The number of nitrogens with zero attached hydrogens (tertiary/aromatic N) is 3. The Labute approximate surface area is 168 Å². The van der Waals surface area contributed by atoms with E-state index >= 15 is 0 Å². The summed E-state index contributed by atoms with van der Waals surface area (Å²) in [4.78, 5) is 20.4. The maximum Gasteiger partial charge on any atom is 0.410 e. The quantitative estimate of drug-likeness (QED) is 0.597. The average Bonchev–Trinajstić information content (AvgIpc) is 3.04. The number of carbonyl (C=O) groups is 1. The van der Waals surface area contributed by atoms with Crippen molar-refractivity contribution in [3.8, 4) is 0 Å². The number of aliphatic hydroxyl groups is 1. The van der Waals surface area contributed by atoms with E-state index in [0.717, 1.165) is 36.6 Å². The average molecular weight is 391 g/mol. The zero-order valence-corrected chi connectivity index (χ0v) is 17.7. The van der Waals surface area contributed by atoms with Crippen LogP contribution in [0.5, 0.6) is 0 Å². The molecule has 0 saturated carbocycles. The number of rotatable bonds is 5. The van der Waals surface area contributed by atoms with Gasteiger partial charge in [-0.3, -0.25) is 0 Å². The first-order valence-electron chi connectivity index (χ1n) is 9.91. The van der Waals surface area contributed by atoms with Gasteiger partial charge in [-0.05, 0) is 45.2 Å². The molecule has 7 nitrogen and oxygen atoms in total. The van der Waals surface area contributed by atoms with Crippen LogP contribution >= 0.6 is 0 Å². The Hall–Kier alpha value is -2.28. The van der Waals surface area contributed by atoms with Crippen LogP contribution in [0.4, 0.5) is 4.79 Å². The van der Waals surface area contributed by atoms with Crippen LogP contribution in [0.1, 0.15) is 45.2 Å². The number of likely N-dealkylation sites (tertiary alicyclic amines) is 1. The highest BCUT2D eigenvalue weighted by Gasteiger charge is 2.23. The second kappa shape index (κ2) is 9.78. The molecule has 2 rings (SSSR count). The smallest absolute Gasteiger partial charge is 0.410 e. The van der Waals surface area contributed by atoms with E-state index in [4.69, 9.17) is 9.73 Å². The summed E-state index contributed by atoms with van der Waals surface area (Å²) in [6, 6.07) is 8.09. The molecule has 0 spiro atoms. The van der Waals surface area contributed by atoms with Crippen molar-refractivity contribution in [2.75, 3.05) is 26.7 Å². The molecule has 1 aromatic carbocycles. The largest absolute Gasteiger partial charge is 0.444 e. The van der Waals surface area contributed by atoms with Gasteiger partial charge in [-0.2, -0.15) is 0 Å². The molecule has 156 valence electrons. The van der Waals surface area contributed by atoms with E-state index in [0.29, 0.717) is 19.6 Å². The molecule has 28 heavy (non-hydrogen) atoms. The third-order valence-electron chi connectivity index (χ3n) is 4.36. The van der Waals surface area contributed by atoms with Crippen molar-refractivity contribution < 1.29 is 14.6 Å². The van der Waals surface area contributed by atoms with Crippen LogP contribution in [-0.4, -0.2) is 65.3 Å². The van der Waals surface area contributed by atoms with Gasteiger partial charge in [-0.25, -0.2) is 9.79 Å². The van der Waals surface area contributed by atoms with E-state index in [1.165, 1.54) is 0 Å². The van der Waals surface area contributed by atoms with E-state index in [1.807, 2.05) is 52.0 Å². The molecule has 0 radical (unpaired) electrons. The summed E-state index contributed by atoms with van der Waals surface area (Å²) in [6.07, 6.45) is 0.180. The van der Waals surface area contributed by atoms with Gasteiger partial charge in [-0.1, -0.05) is 24.3 Å². The first-order valence-corrected chi connectivity index (χ1v) is 9.91. The molecular formula is C21H34N4O3. The zero-order chi connectivity index (χ0) is 20.7. The van der Waals surface area contributed by atoms with Gasteiger partial charge in [0.1, 0.15) is 5.60 Å². The molecule has 1 atom stereocenters. The highest BCUT2D eigenvalue weighted by Crippen LogP contribution is 2.13. The predicted octanol–water partition coefficient (Wildman–Crippen LogP) is 2.59. The van der Waals surface area contributed by atoms with E-state index in [9.17, 15) is 9.90 Å². The van der Waals surface area contributed by atoms with Gasteiger partial charge in [0.2, 0.25) is 0 Å². The lowest BCUT2D eigenvalue weighted by atomic mass is 10.1. The number of hydrogen-bond donors (Lipinski definition) is 2. The number of aliphatic imine (C=N–C) groups is 1. The molecule has 1 aliphatic heterocycles. The minimum Gasteiger partial charge on any atom is -0.444 e. The second-order valence-corrected chi connectivity index (χ2v) is 8.21. The molecule has 1 aliphatic rings. The predicted molar refractivity (Wildman–Crippen MR) is 111 cm³/mol. The molecule has 1 saturated heterocycles. The second-order valence-electron chi connectivity index (χ2n) is 8.21. The summed E-state index contributed by atoms with van der Waals surface area (Å²) in [6.45, 7) is 10.9. The van der Waals surface area contributed by atoms with Crippen molar-refractivity contribution in [2.45, 2.75) is 58.9 Å². The lowest BCUT2D eigenvalue weighted by Crippen LogP contribution is -2.40. The molecule has 1 fully saturated rings. The van der Waals surface area contributed by atoms with Gasteiger partial charge >= 0.3 is 6.09 Å². The Bertz CT molecular complexity index is 667. The Balaban J connectivity index is 1.93. The molecule has 0 bridgehead atoms. The highest BCUT2D eigenvalue weighted by atomic mass is 16.6. The van der Waals surface area contributed by atoms with E-state index in [1.54, 1.807) is 11.9 Å². The normalized spacial score (nSPS) is 17.6. The summed E-state index contributed by atoms with van der Waals surface area (Å²) in [5, 5.41) is 13.0. The fourth-order valence-corrected chi connectivity index (χ4v) is 2.95. The van der Waals surface area contributed by atoms with Crippen LogP contribution in [0.25, 0.3) is 0 Å². The highest BCUT2D eigenvalue weighted by molar-refractivity contribution is 5.80. The van der Waals surface area contributed by atoms with Gasteiger partial charge in [-0.15, -0.1) is 0 Å². The summed E-state index contributed by atoms with van der Waals surface area (Å²) >= 11 is 0. The Kier molecular flexibility index (Phi) is 7.69. The van der Waals surface area contributed by atoms with Crippen LogP contribution in [-0.2, 0) is 17.8 Å². The van der Waals surface area contributed by atoms with Gasteiger partial charge in [0.25, 0.3) is 0 Å². The Morgan fingerprint density at radius 2 is 1.96 bits per heavy atom. The molecule has 7 heteroatoms. The van der Waals surface area contributed by atoms with Crippen LogP contribution in [0.15, 0.2) is 29.3 Å². The number of carbonyl (C=O) groups excluding carboxylic acids is 1. The maximum absolute atomic E-state index is 12.1. The standard InChI is InChI=1S/C21H34N4O3/c1-6-22-19(25-12-11-18(26)15-25)23-13-16-7-9-17(10-8-16)14-24(5)20(27)28-21(2,3)4/h7-10,18,26H,6,11-15H2,1-5H3,(H,22,23)/t18-/m1/s1. The molecular weight excluding hydrogens is 356 g/mol. The first kappa shape index (κ1) is 22.0. The third kappa shape index (κ3) is 7.03. The first-order chi connectivity index (χ1) is 13.2. The third-order valence-corrected chi connectivity index (χ3v) is 4.36. The summed E-state index contributed by atoms with van der Waals surface area (Å²) in [7, 11) is 1.74. The number of hydrogen-bond acceptors (Lipinski definition) is 4. The Morgan fingerprint density at radius 3 is 2.50 bits per heavy atom. The summed E-state index contributed by atoms with van der Waals surface area (Å²) in [5.74, 6) is 0.841. The number of nitrogens with one attached hydrogen (secondary N) is 1. The number of guanidine groups is 1. The van der Waals surface area contributed by atoms with Crippen molar-refractivity contribution in [3.05, 3.63) is 35.4 Å². The van der Waals surface area contributed by atoms with Crippen LogP contribution in [0.2, 0.25) is 0 Å². The van der Waals surface area contributed by atoms with E-state index < -0.39 is 5.60 Å². The minimum absolute atomic E-state index is 0.273. The lowest BCUT2D eigenvalue weighted by molar-refractivity contribution is 0.0285. The topological polar surface area (TPSA) is 77.4 Å². The van der Waals surface area contributed by atoms with Crippen molar-refractivity contribution in [1.82, 2.24) is 15.1 Å². The lowest BCUT2D eigenvalue weighted by Gasteiger charge is -2.24. The molecule has 0 unspecified atom stereocenters. The van der Waals surface area contributed by atoms with Crippen molar-refractivity contribution in [3.63, 3.8) is 0 Å². The molecule has 0 aromatic heterocycles. The zero-order valence-electron chi connectivity index (χ0n) is 17.7. The van der Waals surface area contributed by atoms with E-state index in [-0.39, 0.29) is 12.2 Å². The molecule has 1 heterocycles. The summed E-state index contributed by atoms with van der Waals surface area (Å²) < 4.78 is 5.38. The fourth-order valence-electron chi connectivity index (χ4n) is 2.95. The molecule has 1 amide bonds. The van der Waals surface area contributed by atoms with Crippen molar-refractivity contribution in [2.24, 2.45) is 4.99 Å². The van der Waals surface area contributed by atoms with Crippen LogP contribution in [0.3, 0.4) is 0 Å². The molecule has 0 aliphatic carbocycles. The minimum atomic E-state index is -0.497. The number of amides is 1. The molecule has 2 N–H and O–H groups in total. The number of aliphatic hydroxyl groups excluding tert-OH is 1. The van der Waals surface area contributed by atoms with Crippen molar-refractivity contribution >= 4 is 12.1 Å². The van der Waals surface area contributed by atoms with Gasteiger partial charge in [0, 0.05) is 33.2 Å². The van der Waals surface area contributed by atoms with Crippen LogP contribution < -0.4 is 5.32 Å². The van der Waals surface area contributed by atoms with Crippen molar-refractivity contribution in [1.29, 1.82) is 0 Å². The fraction of sp³-hybridized carbons (Fsp3) is 0.619. The van der Waals surface area contributed by atoms with Gasteiger partial charge in [0.15, 0.2) is 5.96 Å². The monoisotopic (exact) mass is 390 g/mol. The van der Waals surface area contributed by atoms with Gasteiger partial charge < -0.3 is 25.0 Å². The number of benzene rings is 1. The van der Waals surface area contributed by atoms with Crippen LogP contribution in [0, 0.1) is 0 Å².